The summed E-state index contributed by atoms with van der Waals surface area (Å²) in [6, 6.07) is 11.7. The van der Waals surface area contributed by atoms with Crippen LogP contribution in [0.5, 0.6) is 0 Å². The lowest BCUT2D eigenvalue weighted by atomic mass is 9.94. The molecule has 0 spiro atoms. The maximum absolute atomic E-state index is 13.0. The second-order valence-electron chi connectivity index (χ2n) is 17.7. The molecule has 4 N–H and O–H groups in total. The van der Waals surface area contributed by atoms with Gasteiger partial charge in [-0.25, -0.2) is 18.4 Å². The molecule has 312 valence electrons. The molecule has 8 rings (SSSR count). The smallest absolute Gasteiger partial charge is 0.270 e. The Morgan fingerprint density at radius 3 is 1.66 bits per heavy atom. The summed E-state index contributed by atoms with van der Waals surface area (Å²) in [5.41, 5.74) is 4.90. The molecule has 0 aliphatic carbocycles. The van der Waals surface area contributed by atoms with E-state index in [1.54, 1.807) is 13.8 Å². The molecule has 0 radical (unpaired) electrons. The van der Waals surface area contributed by atoms with Gasteiger partial charge in [0.2, 0.25) is 0 Å². The molecule has 0 saturated carbocycles. The Morgan fingerprint density at radius 1 is 0.793 bits per heavy atom. The Hall–Kier alpha value is -4.06. The first-order chi connectivity index (χ1) is 27.5. The summed E-state index contributed by atoms with van der Waals surface area (Å²) < 4.78 is 41.8. The Bertz CT molecular complexity index is 2400. The maximum atomic E-state index is 13.0. The van der Waals surface area contributed by atoms with Crippen LogP contribution < -0.4 is 10.0 Å². The number of fused-ring (bicyclic) bond motifs is 2. The molecule has 2 aromatic carbocycles. The fourth-order valence-corrected chi connectivity index (χ4v) is 10.2. The van der Waals surface area contributed by atoms with Gasteiger partial charge < -0.3 is 18.6 Å². The third kappa shape index (κ3) is 8.92. The van der Waals surface area contributed by atoms with E-state index in [1.807, 2.05) is 36.4 Å². The average molecular weight is 835 g/mol. The molecule has 2 fully saturated rings. The molecule has 3 unspecified atom stereocenters. The van der Waals surface area contributed by atoms with Crippen molar-refractivity contribution in [3.63, 3.8) is 0 Å². The van der Waals surface area contributed by atoms with Crippen molar-refractivity contribution >= 4 is 49.9 Å². The molecule has 58 heavy (non-hydrogen) atoms. The molecule has 6 heterocycles. The van der Waals surface area contributed by atoms with Crippen LogP contribution in [0.2, 0.25) is 0 Å². The molecule has 0 amide bonds. The number of benzene rings is 2. The number of rotatable bonds is 8. The van der Waals surface area contributed by atoms with Gasteiger partial charge in [0.1, 0.15) is 27.7 Å². The van der Waals surface area contributed by atoms with Gasteiger partial charge in [0.15, 0.2) is 5.70 Å². The number of aromatic amines is 1. The van der Waals surface area contributed by atoms with Crippen molar-refractivity contribution in [2.75, 3.05) is 26.4 Å². The Labute approximate surface area is 344 Å². The zero-order valence-electron chi connectivity index (χ0n) is 34.9. The fraction of sp³-hybridized carbons (Fsp3) is 0.524. The molecule has 3 aromatic heterocycles. The molecule has 16 heteroatoms. The first kappa shape index (κ1) is 42.1. The SMILES string of the molecule is CC1=C(S(=O)c2ccc3c(c2)nc(C(C)(C)C)n3CC2CCOCC2)C=N[NH+]1O.Cc1[nH][n+](O)cc1S(=O)c1ccc2c(c1)nc(C(C)(C)C)n2CC1CCOCC1. The van der Waals surface area contributed by atoms with E-state index in [-0.39, 0.29) is 16.0 Å². The Kier molecular flexibility index (Phi) is 12.3. The zero-order valence-corrected chi connectivity index (χ0v) is 36.5. The van der Waals surface area contributed by atoms with Crippen molar-refractivity contribution in [3.05, 3.63) is 70.5 Å². The lowest BCUT2D eigenvalue weighted by molar-refractivity contribution is -1.06. The van der Waals surface area contributed by atoms with Gasteiger partial charge in [-0.2, -0.15) is 5.21 Å². The van der Waals surface area contributed by atoms with Crippen molar-refractivity contribution in [2.24, 2.45) is 16.9 Å². The van der Waals surface area contributed by atoms with E-state index >= 15 is 0 Å². The minimum absolute atomic E-state index is 0.0646. The van der Waals surface area contributed by atoms with Gasteiger partial charge in [-0.15, -0.1) is 5.10 Å². The highest BCUT2D eigenvalue weighted by molar-refractivity contribution is 7.90. The summed E-state index contributed by atoms with van der Waals surface area (Å²) in [6.07, 6.45) is 7.20. The molecule has 3 aliphatic heterocycles. The van der Waals surface area contributed by atoms with E-state index < -0.39 is 21.6 Å². The molecular formula is C42H58N8O6S2+2. The van der Waals surface area contributed by atoms with Crippen LogP contribution >= 0.6 is 0 Å². The van der Waals surface area contributed by atoms with Crippen LogP contribution in [-0.4, -0.2) is 75.7 Å². The number of hydroxylamine groups is 1. The summed E-state index contributed by atoms with van der Waals surface area (Å²) in [6.45, 7) is 21.7. The summed E-state index contributed by atoms with van der Waals surface area (Å²) in [5.74, 6) is 3.26. The van der Waals surface area contributed by atoms with Crippen molar-refractivity contribution in [2.45, 2.75) is 120 Å². The average Bonchev–Trinajstić information content (AvgIpc) is 3.94. The third-order valence-electron chi connectivity index (χ3n) is 11.1. The number of ether oxygens (including phenoxy) is 2. The number of allylic oxidation sites excluding steroid dienone is 2. The lowest BCUT2D eigenvalue weighted by Crippen LogP contribution is -3.01. The van der Waals surface area contributed by atoms with Crippen molar-refractivity contribution in [1.29, 1.82) is 0 Å². The number of nitrogens with zero attached hydrogens (tertiary/aromatic N) is 6. The Morgan fingerprint density at radius 2 is 1.26 bits per heavy atom. The van der Waals surface area contributed by atoms with Gasteiger partial charge in [0.05, 0.1) is 54.2 Å². The normalized spacial score (nSPS) is 19.6. The fourth-order valence-electron chi connectivity index (χ4n) is 7.86. The highest BCUT2D eigenvalue weighted by Crippen LogP contribution is 2.33. The van der Waals surface area contributed by atoms with Crippen LogP contribution in [0, 0.1) is 18.8 Å². The maximum Gasteiger partial charge on any atom is 0.270 e. The van der Waals surface area contributed by atoms with Crippen molar-refractivity contribution in [3.8, 4) is 0 Å². The minimum atomic E-state index is -1.41. The molecule has 5 aromatic rings. The van der Waals surface area contributed by atoms with Crippen LogP contribution in [-0.2, 0) is 55.0 Å². The van der Waals surface area contributed by atoms with E-state index in [1.165, 1.54) is 12.4 Å². The van der Waals surface area contributed by atoms with Gasteiger partial charge in [-0.1, -0.05) is 41.5 Å². The summed E-state index contributed by atoms with van der Waals surface area (Å²) in [4.78, 5) is 13.2. The second kappa shape index (κ2) is 16.9. The van der Waals surface area contributed by atoms with Crippen molar-refractivity contribution in [1.82, 2.24) is 24.2 Å². The van der Waals surface area contributed by atoms with Crippen LogP contribution in [0.1, 0.15) is 91.5 Å². The summed E-state index contributed by atoms with van der Waals surface area (Å²) in [5, 5.41) is 25.8. The monoisotopic (exact) mass is 834 g/mol. The number of nitrogens with one attached hydrogen (secondary N) is 2. The van der Waals surface area contributed by atoms with Gasteiger partial charge in [-0.05, 0) is 91.1 Å². The van der Waals surface area contributed by atoms with E-state index in [4.69, 9.17) is 19.4 Å². The lowest BCUT2D eigenvalue weighted by Gasteiger charge is -2.26. The van der Waals surface area contributed by atoms with Crippen LogP contribution in [0.25, 0.3) is 22.1 Å². The topological polar surface area (TPSA) is 165 Å². The largest absolute Gasteiger partial charge is 0.381 e. The summed E-state index contributed by atoms with van der Waals surface area (Å²) in [7, 11) is -2.80. The predicted octanol–water partition coefficient (Wildman–Crippen LogP) is 5.46. The number of hydrogen-bond donors (Lipinski definition) is 4. The van der Waals surface area contributed by atoms with E-state index in [0.29, 0.717) is 42.8 Å². The number of imidazole rings is 2. The number of aryl methyl sites for hydroxylation is 1. The van der Waals surface area contributed by atoms with E-state index in [0.717, 1.165) is 104 Å². The third-order valence-corrected chi connectivity index (χ3v) is 14.1. The standard InChI is InChI=1S/2C21H28N4O3S/c1-14-19(12-22-25(14)26)29(27)16-5-6-18-17(11-16)23-20(21(2,3)4)24(18)13-15-7-9-28-10-8-15;1-14-19(13-25(26)23-14)29(27)16-5-6-18-17(11-16)22-20(21(2,3)4)24(18)12-15-7-9-28-10-8-15/h5-6,11-12,15,26H,7-10,13H2,1-4H3;5-6,11,13,15,26H,7-10,12H2,1-4H3/p+2. The quantitative estimate of drug-likeness (QED) is 0.118. The van der Waals surface area contributed by atoms with E-state index in [9.17, 15) is 18.8 Å². The van der Waals surface area contributed by atoms with Gasteiger partial charge in [-0.3, -0.25) is 5.21 Å². The predicted molar refractivity (Wildman–Crippen MR) is 222 cm³/mol. The summed E-state index contributed by atoms with van der Waals surface area (Å²) >= 11 is 0. The number of quaternary nitrogens is 1. The number of aromatic nitrogens is 6. The minimum Gasteiger partial charge on any atom is -0.381 e. The first-order valence-electron chi connectivity index (χ1n) is 20.1. The number of H-pyrrole nitrogens is 1. The molecule has 2 saturated heterocycles. The van der Waals surface area contributed by atoms with Crippen molar-refractivity contribution < 1.29 is 38.3 Å². The van der Waals surface area contributed by atoms with Crippen LogP contribution in [0.15, 0.2) is 73.0 Å². The second-order valence-corrected chi connectivity index (χ2v) is 20.6. The molecule has 0 bridgehead atoms. The van der Waals surface area contributed by atoms with Crippen LogP contribution in [0.4, 0.5) is 0 Å². The highest BCUT2D eigenvalue weighted by Gasteiger charge is 2.30. The number of hydrogen-bond acceptors (Lipinski definition) is 9. The van der Waals surface area contributed by atoms with Crippen LogP contribution in [0.3, 0.4) is 0 Å². The van der Waals surface area contributed by atoms with Gasteiger partial charge in [0.25, 0.3) is 6.20 Å². The van der Waals surface area contributed by atoms with Gasteiger partial charge >= 0.3 is 0 Å². The van der Waals surface area contributed by atoms with Gasteiger partial charge in [0, 0.05) is 67.1 Å². The Balaban J connectivity index is 0.000000177. The molecular weight excluding hydrogens is 777 g/mol. The zero-order chi connectivity index (χ0) is 41.5. The first-order valence-corrected chi connectivity index (χ1v) is 22.4. The molecule has 3 atom stereocenters. The highest BCUT2D eigenvalue weighted by atomic mass is 32.2. The molecule has 14 nitrogen and oxygen atoms in total. The van der Waals surface area contributed by atoms with E-state index in [2.05, 4.69) is 60.9 Å². The molecule has 3 aliphatic rings.